The molecule has 0 aromatic carbocycles. The van der Waals surface area contributed by atoms with Crippen molar-refractivity contribution in [2.24, 2.45) is 0 Å². The summed E-state index contributed by atoms with van der Waals surface area (Å²) in [6.07, 6.45) is 12.2. The van der Waals surface area contributed by atoms with Gasteiger partial charge in [-0.1, -0.05) is 57.9 Å². The van der Waals surface area contributed by atoms with Crippen LogP contribution in [0.3, 0.4) is 0 Å². The standard InChI is InChI=1S/C22H38O9S/c1-2-3-4-8-11-14-18(15-12-9-6-5-7-10-13-16-20(23)24)30-21(25)17-19(22(26)27)31-32(28)29/h12,15,18-19H,2-11,13-14,16-17H2,1H3,(H,23,24)(H,26,27)(H,28,29)/t18-,19?/m1/s1. The van der Waals surface area contributed by atoms with E-state index < -0.39 is 47.9 Å². The van der Waals surface area contributed by atoms with Crippen LogP contribution in [0, 0.1) is 0 Å². The average Bonchev–Trinajstić information content (AvgIpc) is 2.70. The number of carboxylic acids is 2. The molecule has 0 bridgehead atoms. The van der Waals surface area contributed by atoms with Crippen LogP contribution < -0.4 is 0 Å². The fourth-order valence-corrected chi connectivity index (χ4v) is 3.44. The minimum Gasteiger partial charge on any atom is -0.481 e. The summed E-state index contributed by atoms with van der Waals surface area (Å²) >= 11 is -2.80. The van der Waals surface area contributed by atoms with Gasteiger partial charge in [-0.05, 0) is 38.2 Å². The van der Waals surface area contributed by atoms with E-state index in [-0.39, 0.29) is 6.42 Å². The van der Waals surface area contributed by atoms with Gasteiger partial charge in [0.2, 0.25) is 0 Å². The fraction of sp³-hybridized carbons (Fsp3) is 0.773. The van der Waals surface area contributed by atoms with Crippen molar-refractivity contribution in [3.05, 3.63) is 12.2 Å². The molecule has 0 aliphatic heterocycles. The Balaban J connectivity index is 4.50. The van der Waals surface area contributed by atoms with E-state index in [1.165, 1.54) is 0 Å². The van der Waals surface area contributed by atoms with Gasteiger partial charge in [-0.25, -0.2) is 4.79 Å². The Bertz CT molecular complexity index is 592. The molecule has 0 fully saturated rings. The lowest BCUT2D eigenvalue weighted by Gasteiger charge is -2.16. The van der Waals surface area contributed by atoms with Gasteiger partial charge in [0.15, 0.2) is 6.10 Å². The Labute approximate surface area is 193 Å². The molecule has 9 nitrogen and oxygen atoms in total. The highest BCUT2D eigenvalue weighted by Gasteiger charge is 2.26. The number of unbranched alkanes of at least 4 members (excludes halogenated alkanes) is 9. The molecule has 0 amide bonds. The zero-order chi connectivity index (χ0) is 24.2. The summed E-state index contributed by atoms with van der Waals surface area (Å²) < 4.78 is 29.1. The van der Waals surface area contributed by atoms with Crippen LogP contribution in [-0.2, 0) is 34.7 Å². The van der Waals surface area contributed by atoms with E-state index in [0.29, 0.717) is 12.8 Å². The lowest BCUT2D eigenvalue weighted by atomic mass is 10.1. The molecule has 0 saturated heterocycles. The third-order valence-corrected chi connectivity index (χ3v) is 5.21. The smallest absolute Gasteiger partial charge is 0.334 e. The molecular formula is C22H38O9S. The average molecular weight is 479 g/mol. The monoisotopic (exact) mass is 478 g/mol. The van der Waals surface area contributed by atoms with Crippen LogP contribution in [0.25, 0.3) is 0 Å². The fourth-order valence-electron chi connectivity index (χ4n) is 3.09. The topological polar surface area (TPSA) is 147 Å². The number of rotatable bonds is 21. The number of hydrogen-bond acceptors (Lipinski definition) is 6. The lowest BCUT2D eigenvalue weighted by Crippen LogP contribution is -2.29. The molecule has 0 aliphatic carbocycles. The maximum Gasteiger partial charge on any atom is 0.334 e. The molecule has 0 rings (SSSR count). The van der Waals surface area contributed by atoms with Crippen molar-refractivity contribution in [2.75, 3.05) is 0 Å². The second-order valence-corrected chi connectivity index (χ2v) is 8.33. The Morgan fingerprint density at radius 3 is 2.19 bits per heavy atom. The van der Waals surface area contributed by atoms with Crippen LogP contribution >= 0.6 is 0 Å². The van der Waals surface area contributed by atoms with Crippen LogP contribution in [0.2, 0.25) is 0 Å². The second kappa shape index (κ2) is 19.9. The zero-order valence-electron chi connectivity index (χ0n) is 18.9. The van der Waals surface area contributed by atoms with Gasteiger partial charge in [0.25, 0.3) is 0 Å². The van der Waals surface area contributed by atoms with Crippen molar-refractivity contribution in [1.82, 2.24) is 0 Å². The van der Waals surface area contributed by atoms with E-state index in [1.54, 1.807) is 0 Å². The zero-order valence-corrected chi connectivity index (χ0v) is 19.7. The van der Waals surface area contributed by atoms with Crippen LogP contribution in [0.15, 0.2) is 12.2 Å². The number of allylic oxidation sites excluding steroid dienone is 1. The number of ether oxygens (including phenoxy) is 1. The van der Waals surface area contributed by atoms with Gasteiger partial charge in [-0.3, -0.25) is 18.3 Å². The second-order valence-electron chi connectivity index (χ2n) is 7.70. The molecule has 0 aromatic rings. The number of esters is 1. The highest BCUT2D eigenvalue weighted by molar-refractivity contribution is 7.74. The molecule has 0 heterocycles. The van der Waals surface area contributed by atoms with Gasteiger partial charge < -0.3 is 14.9 Å². The molecule has 2 unspecified atom stereocenters. The first-order valence-corrected chi connectivity index (χ1v) is 12.4. The predicted octanol–water partition coefficient (Wildman–Crippen LogP) is 4.63. The van der Waals surface area contributed by atoms with E-state index in [9.17, 15) is 18.6 Å². The maximum absolute atomic E-state index is 12.1. The predicted molar refractivity (Wildman–Crippen MR) is 120 cm³/mol. The van der Waals surface area contributed by atoms with Crippen molar-refractivity contribution in [2.45, 2.75) is 109 Å². The molecule has 0 spiro atoms. The van der Waals surface area contributed by atoms with Gasteiger partial charge in [0.1, 0.15) is 6.10 Å². The van der Waals surface area contributed by atoms with Crippen molar-refractivity contribution >= 4 is 29.3 Å². The normalized spacial score (nSPS) is 14.2. The molecule has 32 heavy (non-hydrogen) atoms. The summed E-state index contributed by atoms with van der Waals surface area (Å²) in [4.78, 5) is 33.7. The lowest BCUT2D eigenvalue weighted by molar-refractivity contribution is -0.156. The molecule has 10 heteroatoms. The molecule has 0 aliphatic rings. The Hall–Kier alpha value is -1.78. The molecule has 3 N–H and O–H groups in total. The van der Waals surface area contributed by atoms with Crippen molar-refractivity contribution in [3.8, 4) is 0 Å². The van der Waals surface area contributed by atoms with E-state index in [4.69, 9.17) is 19.5 Å². The van der Waals surface area contributed by atoms with Crippen molar-refractivity contribution < 1.29 is 42.3 Å². The highest BCUT2D eigenvalue weighted by atomic mass is 32.2. The molecule has 0 aromatic heterocycles. The number of carbonyl (C=O) groups is 3. The van der Waals surface area contributed by atoms with Crippen LogP contribution in [0.4, 0.5) is 0 Å². The van der Waals surface area contributed by atoms with Crippen molar-refractivity contribution in [3.63, 3.8) is 0 Å². The van der Waals surface area contributed by atoms with Gasteiger partial charge in [0, 0.05) is 6.42 Å². The van der Waals surface area contributed by atoms with E-state index in [1.807, 2.05) is 12.2 Å². The molecule has 0 saturated carbocycles. The first kappa shape index (κ1) is 30.2. The first-order chi connectivity index (χ1) is 15.3. The van der Waals surface area contributed by atoms with Gasteiger partial charge in [0.05, 0.1) is 6.42 Å². The molecule has 3 atom stereocenters. The van der Waals surface area contributed by atoms with Crippen LogP contribution in [0.1, 0.15) is 96.8 Å². The number of aliphatic carboxylic acids is 2. The Kier molecular flexibility index (Phi) is 18.8. The van der Waals surface area contributed by atoms with E-state index >= 15 is 0 Å². The third-order valence-electron chi connectivity index (χ3n) is 4.81. The summed E-state index contributed by atoms with van der Waals surface area (Å²) in [6, 6.07) is 0. The third kappa shape index (κ3) is 18.9. The molecule has 186 valence electrons. The SMILES string of the molecule is CCCCCCC[C@H](C=CCCCCCCCC(=O)O)OC(=O)CC(OS(=O)O)C(=O)O. The molecular weight excluding hydrogens is 440 g/mol. The molecule has 0 radical (unpaired) electrons. The van der Waals surface area contributed by atoms with Crippen molar-refractivity contribution in [1.29, 1.82) is 0 Å². The van der Waals surface area contributed by atoms with E-state index in [0.717, 1.165) is 64.2 Å². The summed E-state index contributed by atoms with van der Waals surface area (Å²) in [5.74, 6) is -3.09. The first-order valence-electron chi connectivity index (χ1n) is 11.3. The van der Waals surface area contributed by atoms with E-state index in [2.05, 4.69) is 11.1 Å². The highest BCUT2D eigenvalue weighted by Crippen LogP contribution is 2.14. The Morgan fingerprint density at radius 2 is 1.56 bits per heavy atom. The minimum absolute atomic E-state index is 0.202. The summed E-state index contributed by atoms with van der Waals surface area (Å²) in [5.41, 5.74) is 0. The Morgan fingerprint density at radius 1 is 0.938 bits per heavy atom. The number of carboxylic acid groups (broad SMARTS) is 2. The van der Waals surface area contributed by atoms with Gasteiger partial charge in [-0.15, -0.1) is 0 Å². The van der Waals surface area contributed by atoms with Gasteiger partial charge in [-0.2, -0.15) is 4.21 Å². The van der Waals surface area contributed by atoms with Gasteiger partial charge >= 0.3 is 29.3 Å². The number of hydrogen-bond donors (Lipinski definition) is 3. The quantitative estimate of drug-likeness (QED) is 0.0929. The summed E-state index contributed by atoms with van der Waals surface area (Å²) in [5, 5.41) is 17.6. The summed E-state index contributed by atoms with van der Waals surface area (Å²) in [6.45, 7) is 2.12. The minimum atomic E-state index is -2.80. The van der Waals surface area contributed by atoms with Crippen LogP contribution in [-0.4, -0.2) is 49.1 Å². The van der Waals surface area contributed by atoms with Crippen LogP contribution in [0.5, 0.6) is 0 Å². The number of carbonyl (C=O) groups excluding carboxylic acids is 1. The maximum atomic E-state index is 12.1. The largest absolute Gasteiger partial charge is 0.481 e. The summed E-state index contributed by atoms with van der Waals surface area (Å²) in [7, 11) is 0.